The second kappa shape index (κ2) is 5.43. The van der Waals surface area contributed by atoms with Crippen LogP contribution in [0.1, 0.15) is 19.4 Å². The van der Waals surface area contributed by atoms with Gasteiger partial charge in [-0.1, -0.05) is 44.2 Å². The average molecular weight is 261 g/mol. The molecule has 1 aliphatic rings. The van der Waals surface area contributed by atoms with Crippen molar-refractivity contribution < 1.29 is 14.3 Å². The topological polar surface area (TPSA) is 46.6 Å². The van der Waals surface area contributed by atoms with E-state index in [1.807, 2.05) is 44.2 Å². The normalized spacial score (nSPS) is 23.7. The Kier molecular flexibility index (Phi) is 3.88. The van der Waals surface area contributed by atoms with Crippen LogP contribution in [0.15, 0.2) is 30.3 Å². The molecule has 1 aromatic carbocycles. The fourth-order valence-electron chi connectivity index (χ4n) is 2.25. The Labute approximate surface area is 113 Å². The van der Waals surface area contributed by atoms with Gasteiger partial charge < -0.3 is 9.64 Å². The first-order chi connectivity index (χ1) is 9.00. The number of esters is 1. The molecule has 1 aliphatic heterocycles. The molecule has 0 saturated carbocycles. The molecule has 0 aromatic heterocycles. The summed E-state index contributed by atoms with van der Waals surface area (Å²) in [4.78, 5) is 25.7. The minimum atomic E-state index is -0.649. The van der Waals surface area contributed by atoms with Crippen LogP contribution in [0.4, 0.5) is 0 Å². The highest BCUT2D eigenvalue weighted by atomic mass is 16.6. The zero-order valence-corrected chi connectivity index (χ0v) is 11.5. The molecule has 1 aromatic rings. The fraction of sp³-hybridized carbons (Fsp3) is 0.467. The van der Waals surface area contributed by atoms with Gasteiger partial charge in [0.25, 0.3) is 5.91 Å². The maximum atomic E-state index is 12.2. The molecule has 4 heteroatoms. The summed E-state index contributed by atoms with van der Waals surface area (Å²) in [6.07, 6.45) is -0.156. The van der Waals surface area contributed by atoms with E-state index >= 15 is 0 Å². The molecule has 1 fully saturated rings. The number of morpholine rings is 1. The van der Waals surface area contributed by atoms with E-state index in [9.17, 15) is 9.59 Å². The molecule has 1 saturated heterocycles. The number of nitrogens with zero attached hydrogens (tertiary/aromatic N) is 1. The van der Waals surface area contributed by atoms with Gasteiger partial charge in [0.15, 0.2) is 6.10 Å². The van der Waals surface area contributed by atoms with Crippen molar-refractivity contribution in [3.05, 3.63) is 35.9 Å². The lowest BCUT2D eigenvalue weighted by Crippen LogP contribution is -2.56. The number of ether oxygens (including phenoxy) is 1. The van der Waals surface area contributed by atoms with Crippen molar-refractivity contribution in [2.75, 3.05) is 7.05 Å². The van der Waals surface area contributed by atoms with Crippen molar-refractivity contribution in [3.8, 4) is 0 Å². The van der Waals surface area contributed by atoms with Crippen LogP contribution in [0, 0.1) is 5.92 Å². The van der Waals surface area contributed by atoms with Crippen molar-refractivity contribution in [3.63, 3.8) is 0 Å². The van der Waals surface area contributed by atoms with Crippen LogP contribution in [-0.2, 0) is 20.7 Å². The van der Waals surface area contributed by atoms with Crippen molar-refractivity contribution in [1.29, 1.82) is 0 Å². The number of amides is 1. The third-order valence-electron chi connectivity index (χ3n) is 3.45. The summed E-state index contributed by atoms with van der Waals surface area (Å²) in [5.41, 5.74) is 1.02. The zero-order chi connectivity index (χ0) is 14.0. The number of hydrogen-bond acceptors (Lipinski definition) is 3. The summed E-state index contributed by atoms with van der Waals surface area (Å²) in [6.45, 7) is 3.75. The van der Waals surface area contributed by atoms with Crippen molar-refractivity contribution in [2.24, 2.45) is 5.92 Å². The van der Waals surface area contributed by atoms with Crippen molar-refractivity contribution >= 4 is 11.9 Å². The van der Waals surface area contributed by atoms with Gasteiger partial charge >= 0.3 is 5.97 Å². The van der Waals surface area contributed by atoms with Gasteiger partial charge in [0.05, 0.1) is 0 Å². The van der Waals surface area contributed by atoms with E-state index in [1.54, 1.807) is 7.05 Å². The van der Waals surface area contributed by atoms with Crippen molar-refractivity contribution in [2.45, 2.75) is 32.4 Å². The van der Waals surface area contributed by atoms with E-state index < -0.39 is 12.1 Å². The highest BCUT2D eigenvalue weighted by Gasteiger charge is 2.41. The first kappa shape index (κ1) is 13.6. The molecule has 0 bridgehead atoms. The second-order valence-electron chi connectivity index (χ2n) is 5.26. The molecule has 0 aliphatic carbocycles. The Morgan fingerprint density at radius 2 is 1.84 bits per heavy atom. The summed E-state index contributed by atoms with van der Waals surface area (Å²) in [7, 11) is 1.67. The van der Waals surface area contributed by atoms with Gasteiger partial charge in [-0.05, 0) is 11.5 Å². The Morgan fingerprint density at radius 3 is 2.42 bits per heavy atom. The summed E-state index contributed by atoms with van der Waals surface area (Å²) in [5.74, 6) is -0.434. The van der Waals surface area contributed by atoms with Crippen molar-refractivity contribution in [1.82, 2.24) is 4.90 Å². The zero-order valence-electron chi connectivity index (χ0n) is 11.5. The van der Waals surface area contributed by atoms with Crippen LogP contribution >= 0.6 is 0 Å². The van der Waals surface area contributed by atoms with Gasteiger partial charge in [0.1, 0.15) is 6.04 Å². The monoisotopic (exact) mass is 261 g/mol. The molecular weight excluding hydrogens is 242 g/mol. The second-order valence-corrected chi connectivity index (χ2v) is 5.26. The van der Waals surface area contributed by atoms with E-state index in [-0.39, 0.29) is 17.8 Å². The first-order valence-electron chi connectivity index (χ1n) is 6.51. The van der Waals surface area contributed by atoms with Gasteiger partial charge in [0.2, 0.25) is 0 Å². The van der Waals surface area contributed by atoms with Crippen LogP contribution < -0.4 is 0 Å². The predicted molar refractivity (Wildman–Crippen MR) is 71.4 cm³/mol. The maximum absolute atomic E-state index is 12.2. The summed E-state index contributed by atoms with van der Waals surface area (Å²) in [6, 6.07) is 9.13. The van der Waals surface area contributed by atoms with Gasteiger partial charge in [-0.15, -0.1) is 0 Å². The summed E-state index contributed by atoms with van der Waals surface area (Å²) >= 11 is 0. The maximum Gasteiger partial charge on any atom is 0.329 e. The van der Waals surface area contributed by atoms with E-state index in [4.69, 9.17) is 4.74 Å². The van der Waals surface area contributed by atoms with Crippen LogP contribution in [0.5, 0.6) is 0 Å². The molecule has 0 N–H and O–H groups in total. The van der Waals surface area contributed by atoms with Gasteiger partial charge in [-0.3, -0.25) is 4.79 Å². The first-order valence-corrected chi connectivity index (χ1v) is 6.51. The number of benzene rings is 1. The Balaban J connectivity index is 2.15. The lowest BCUT2D eigenvalue weighted by atomic mass is 9.99. The molecule has 0 spiro atoms. The SMILES string of the molecule is CC(C)[C@@H]1OC(=O)[C@@H](Cc2ccccc2)N(C)C1=O. The Bertz CT molecular complexity index is 470. The van der Waals surface area contributed by atoms with E-state index in [1.165, 1.54) is 4.90 Å². The highest BCUT2D eigenvalue weighted by molar-refractivity contribution is 5.92. The van der Waals surface area contributed by atoms with Crippen LogP contribution in [0.3, 0.4) is 0 Å². The number of likely N-dealkylation sites (N-methyl/N-ethyl adjacent to an activating group) is 1. The van der Waals surface area contributed by atoms with E-state index in [0.717, 1.165) is 5.56 Å². The third-order valence-corrected chi connectivity index (χ3v) is 3.45. The lowest BCUT2D eigenvalue weighted by Gasteiger charge is -2.37. The van der Waals surface area contributed by atoms with Crippen LogP contribution in [-0.4, -0.2) is 36.0 Å². The largest absolute Gasteiger partial charge is 0.450 e. The van der Waals surface area contributed by atoms with Gasteiger partial charge in [-0.25, -0.2) is 4.79 Å². The Hall–Kier alpha value is -1.84. The lowest BCUT2D eigenvalue weighted by molar-refractivity contribution is -0.179. The molecule has 2 rings (SSSR count). The molecule has 0 unspecified atom stereocenters. The standard InChI is InChI=1S/C15H19NO3/c1-10(2)13-14(17)16(3)12(15(18)19-13)9-11-7-5-4-6-8-11/h4-8,10,12-13H,9H2,1-3H3/t12-,13+/m1/s1. The molecule has 1 heterocycles. The summed E-state index contributed by atoms with van der Waals surface area (Å²) < 4.78 is 5.29. The minimum Gasteiger partial charge on any atom is -0.450 e. The highest BCUT2D eigenvalue weighted by Crippen LogP contribution is 2.21. The molecule has 102 valence electrons. The predicted octanol–water partition coefficient (Wildman–Crippen LogP) is 1.64. The molecular formula is C15H19NO3. The molecule has 0 radical (unpaired) electrons. The van der Waals surface area contributed by atoms with E-state index in [0.29, 0.717) is 6.42 Å². The molecule has 2 atom stereocenters. The van der Waals surface area contributed by atoms with Crippen LogP contribution in [0.2, 0.25) is 0 Å². The number of rotatable bonds is 3. The third kappa shape index (κ3) is 2.78. The number of carbonyl (C=O) groups is 2. The van der Waals surface area contributed by atoms with E-state index in [2.05, 4.69) is 0 Å². The fourth-order valence-corrected chi connectivity index (χ4v) is 2.25. The van der Waals surface area contributed by atoms with Gasteiger partial charge in [0, 0.05) is 13.5 Å². The number of carbonyl (C=O) groups excluding carboxylic acids is 2. The summed E-state index contributed by atoms with van der Waals surface area (Å²) in [5, 5.41) is 0. The Morgan fingerprint density at radius 1 is 1.21 bits per heavy atom. The molecule has 1 amide bonds. The quantitative estimate of drug-likeness (QED) is 0.777. The minimum absolute atomic E-state index is 0.00317. The smallest absolute Gasteiger partial charge is 0.329 e. The van der Waals surface area contributed by atoms with Gasteiger partial charge in [-0.2, -0.15) is 0 Å². The number of cyclic esters (lactones) is 1. The number of hydrogen-bond donors (Lipinski definition) is 0. The van der Waals surface area contributed by atoms with Crippen LogP contribution in [0.25, 0.3) is 0 Å². The average Bonchev–Trinajstić information content (AvgIpc) is 2.40. The molecule has 4 nitrogen and oxygen atoms in total. The molecule has 19 heavy (non-hydrogen) atoms.